The Morgan fingerprint density at radius 2 is 1.90 bits per heavy atom. The van der Waals surface area contributed by atoms with Gasteiger partial charge in [-0.3, -0.25) is 9.59 Å². The first kappa shape index (κ1) is 16.5. The highest BCUT2D eigenvalue weighted by Crippen LogP contribution is 2.13. The molecule has 0 aliphatic heterocycles. The predicted molar refractivity (Wildman–Crippen MR) is 75.9 cm³/mol. The second kappa shape index (κ2) is 7.87. The molecule has 0 fully saturated rings. The summed E-state index contributed by atoms with van der Waals surface area (Å²) >= 11 is 5.77. The van der Waals surface area contributed by atoms with Gasteiger partial charge < -0.3 is 15.1 Å². The van der Waals surface area contributed by atoms with E-state index in [1.54, 1.807) is 31.2 Å². The maximum absolute atomic E-state index is 12.3. The van der Waals surface area contributed by atoms with Crippen molar-refractivity contribution in [3.63, 3.8) is 0 Å². The molecule has 1 rings (SSSR count). The lowest BCUT2D eigenvalue weighted by molar-refractivity contribution is -0.141. The number of carboxylic acid groups (broad SMARTS) is 1. The lowest BCUT2D eigenvalue weighted by Gasteiger charge is -2.24. The number of aliphatic hydroxyl groups is 1. The van der Waals surface area contributed by atoms with Gasteiger partial charge in [-0.1, -0.05) is 18.5 Å². The molecule has 6 heteroatoms. The first-order valence-corrected chi connectivity index (χ1v) is 6.72. The molecule has 0 spiro atoms. The van der Waals surface area contributed by atoms with E-state index in [9.17, 15) is 9.59 Å². The summed E-state index contributed by atoms with van der Waals surface area (Å²) in [6, 6.07) is 6.42. The first-order chi connectivity index (χ1) is 9.45. The first-order valence-electron chi connectivity index (χ1n) is 6.34. The number of hydrogen-bond acceptors (Lipinski definition) is 3. The van der Waals surface area contributed by atoms with E-state index in [1.807, 2.05) is 0 Å². The smallest absolute Gasteiger partial charge is 0.308 e. The third-order valence-corrected chi connectivity index (χ3v) is 3.13. The fourth-order valence-electron chi connectivity index (χ4n) is 1.72. The highest BCUT2D eigenvalue weighted by molar-refractivity contribution is 6.30. The normalized spacial score (nSPS) is 11.9. The molecule has 0 saturated heterocycles. The standard InChI is InChI=1S/C14H18ClNO4/c1-10(14(19)20)9-16(7-2-8-17)13(18)11-3-5-12(15)6-4-11/h3-6,10,17H,2,7-9H2,1H3,(H,19,20). The van der Waals surface area contributed by atoms with Crippen LogP contribution in [-0.4, -0.2) is 46.7 Å². The van der Waals surface area contributed by atoms with Crippen molar-refractivity contribution < 1.29 is 19.8 Å². The van der Waals surface area contributed by atoms with E-state index >= 15 is 0 Å². The lowest BCUT2D eigenvalue weighted by Crippen LogP contribution is -2.38. The number of aliphatic carboxylic acids is 1. The van der Waals surface area contributed by atoms with Crippen LogP contribution in [0.1, 0.15) is 23.7 Å². The zero-order valence-electron chi connectivity index (χ0n) is 11.3. The summed E-state index contributed by atoms with van der Waals surface area (Å²) in [5.74, 6) is -1.88. The van der Waals surface area contributed by atoms with Gasteiger partial charge in [-0.2, -0.15) is 0 Å². The van der Waals surface area contributed by atoms with Crippen LogP contribution in [0.25, 0.3) is 0 Å². The van der Waals surface area contributed by atoms with Crippen molar-refractivity contribution in [1.29, 1.82) is 0 Å². The molecule has 0 bridgehead atoms. The van der Waals surface area contributed by atoms with Gasteiger partial charge in [-0.15, -0.1) is 0 Å². The van der Waals surface area contributed by atoms with Crippen LogP contribution in [0, 0.1) is 5.92 Å². The average Bonchev–Trinajstić information content (AvgIpc) is 2.43. The van der Waals surface area contributed by atoms with Crippen LogP contribution in [0.3, 0.4) is 0 Å². The Kier molecular flexibility index (Phi) is 6.48. The third kappa shape index (κ3) is 4.83. The SMILES string of the molecule is CC(CN(CCCO)C(=O)c1ccc(Cl)cc1)C(=O)O. The minimum atomic E-state index is -0.956. The van der Waals surface area contributed by atoms with Crippen molar-refractivity contribution in [2.75, 3.05) is 19.7 Å². The number of carboxylic acids is 1. The highest BCUT2D eigenvalue weighted by atomic mass is 35.5. The molecule has 0 radical (unpaired) electrons. The van der Waals surface area contributed by atoms with E-state index in [-0.39, 0.29) is 19.1 Å². The van der Waals surface area contributed by atoms with Crippen LogP contribution in [0.2, 0.25) is 5.02 Å². The molecule has 1 atom stereocenters. The van der Waals surface area contributed by atoms with E-state index in [4.69, 9.17) is 21.8 Å². The second-order valence-corrected chi connectivity index (χ2v) is 5.01. The highest BCUT2D eigenvalue weighted by Gasteiger charge is 2.21. The number of rotatable bonds is 7. The van der Waals surface area contributed by atoms with Gasteiger partial charge in [0.25, 0.3) is 5.91 Å². The Balaban J connectivity index is 2.83. The van der Waals surface area contributed by atoms with E-state index in [2.05, 4.69) is 0 Å². The van der Waals surface area contributed by atoms with Crippen molar-refractivity contribution in [2.24, 2.45) is 5.92 Å². The van der Waals surface area contributed by atoms with E-state index in [1.165, 1.54) is 4.90 Å². The number of carbonyl (C=O) groups is 2. The Morgan fingerprint density at radius 1 is 1.30 bits per heavy atom. The summed E-state index contributed by atoms with van der Waals surface area (Å²) in [4.78, 5) is 24.7. The van der Waals surface area contributed by atoms with Gasteiger partial charge in [0.15, 0.2) is 0 Å². The van der Waals surface area contributed by atoms with Crippen molar-refractivity contribution in [2.45, 2.75) is 13.3 Å². The number of halogens is 1. The van der Waals surface area contributed by atoms with Gasteiger partial charge in [0, 0.05) is 30.3 Å². The summed E-state index contributed by atoms with van der Waals surface area (Å²) in [5, 5.41) is 18.3. The molecule has 1 aromatic rings. The molecule has 110 valence electrons. The number of nitrogens with zero attached hydrogens (tertiary/aromatic N) is 1. The molecular formula is C14H18ClNO4. The van der Waals surface area contributed by atoms with Gasteiger partial charge in [-0.05, 0) is 30.7 Å². The monoisotopic (exact) mass is 299 g/mol. The topological polar surface area (TPSA) is 77.8 Å². The fraction of sp³-hybridized carbons (Fsp3) is 0.429. The Labute approximate surface area is 122 Å². The lowest BCUT2D eigenvalue weighted by atomic mass is 10.1. The molecule has 1 unspecified atom stereocenters. The van der Waals surface area contributed by atoms with Crippen LogP contribution in [0.5, 0.6) is 0 Å². The zero-order valence-corrected chi connectivity index (χ0v) is 12.0. The van der Waals surface area contributed by atoms with Gasteiger partial charge in [-0.25, -0.2) is 0 Å². The summed E-state index contributed by atoms with van der Waals surface area (Å²) in [7, 11) is 0. The van der Waals surface area contributed by atoms with Crippen molar-refractivity contribution in [1.82, 2.24) is 4.90 Å². The van der Waals surface area contributed by atoms with Crippen molar-refractivity contribution in [3.05, 3.63) is 34.9 Å². The van der Waals surface area contributed by atoms with Crippen LogP contribution in [-0.2, 0) is 4.79 Å². The molecule has 0 aliphatic carbocycles. The maximum atomic E-state index is 12.3. The average molecular weight is 300 g/mol. The van der Waals surface area contributed by atoms with Crippen LogP contribution >= 0.6 is 11.6 Å². The molecule has 2 N–H and O–H groups in total. The molecule has 0 aromatic heterocycles. The molecule has 0 heterocycles. The molecule has 0 aliphatic rings. The molecular weight excluding hydrogens is 282 g/mol. The van der Waals surface area contributed by atoms with Crippen LogP contribution in [0.15, 0.2) is 24.3 Å². The van der Waals surface area contributed by atoms with Crippen LogP contribution in [0.4, 0.5) is 0 Å². The maximum Gasteiger partial charge on any atom is 0.308 e. The molecule has 1 amide bonds. The minimum Gasteiger partial charge on any atom is -0.481 e. The quantitative estimate of drug-likeness (QED) is 0.806. The zero-order chi connectivity index (χ0) is 15.1. The summed E-state index contributed by atoms with van der Waals surface area (Å²) < 4.78 is 0. The fourth-order valence-corrected chi connectivity index (χ4v) is 1.85. The number of benzene rings is 1. The van der Waals surface area contributed by atoms with Gasteiger partial charge in [0.05, 0.1) is 5.92 Å². The Hall–Kier alpha value is -1.59. The Morgan fingerprint density at radius 3 is 2.40 bits per heavy atom. The summed E-state index contributed by atoms with van der Waals surface area (Å²) in [5.41, 5.74) is 0.449. The second-order valence-electron chi connectivity index (χ2n) is 4.57. The molecule has 20 heavy (non-hydrogen) atoms. The number of aliphatic hydroxyl groups excluding tert-OH is 1. The molecule has 5 nitrogen and oxygen atoms in total. The largest absolute Gasteiger partial charge is 0.481 e. The number of carbonyl (C=O) groups excluding carboxylic acids is 1. The number of amides is 1. The molecule has 0 saturated carbocycles. The van der Waals surface area contributed by atoms with Gasteiger partial charge in [0.1, 0.15) is 0 Å². The van der Waals surface area contributed by atoms with E-state index in [0.29, 0.717) is 23.6 Å². The van der Waals surface area contributed by atoms with E-state index < -0.39 is 11.9 Å². The van der Waals surface area contributed by atoms with Gasteiger partial charge >= 0.3 is 5.97 Å². The summed E-state index contributed by atoms with van der Waals surface area (Å²) in [6.07, 6.45) is 0.408. The molecule has 1 aromatic carbocycles. The van der Waals surface area contributed by atoms with Crippen LogP contribution < -0.4 is 0 Å². The van der Waals surface area contributed by atoms with E-state index in [0.717, 1.165) is 0 Å². The van der Waals surface area contributed by atoms with Crippen molar-refractivity contribution >= 4 is 23.5 Å². The Bertz CT molecular complexity index is 461. The minimum absolute atomic E-state index is 0.0498. The van der Waals surface area contributed by atoms with Gasteiger partial charge in [0.2, 0.25) is 0 Å². The summed E-state index contributed by atoms with van der Waals surface area (Å²) in [6.45, 7) is 1.92. The van der Waals surface area contributed by atoms with Crippen molar-refractivity contribution in [3.8, 4) is 0 Å². The predicted octanol–water partition coefficient (Wildman–Crippen LogP) is 1.89. The number of hydrogen-bond donors (Lipinski definition) is 2. The third-order valence-electron chi connectivity index (χ3n) is 2.88.